The quantitative estimate of drug-likeness (QED) is 0.639. The summed E-state index contributed by atoms with van der Waals surface area (Å²) >= 11 is 11.2. The molecule has 2 N–H and O–H groups in total. The molecule has 0 aromatic heterocycles. The third kappa shape index (κ3) is 5.37. The molecule has 2 aromatic rings. The van der Waals surface area contributed by atoms with E-state index in [0.717, 1.165) is 32.1 Å². The number of halogens is 1. The van der Waals surface area contributed by atoms with Crippen LogP contribution in [0.4, 0.5) is 5.69 Å². The van der Waals surface area contributed by atoms with E-state index in [0.29, 0.717) is 16.3 Å². The smallest absolute Gasteiger partial charge is 0.258 e. The first kappa shape index (κ1) is 22.7. The average molecular weight is 466 g/mol. The van der Waals surface area contributed by atoms with Crippen LogP contribution in [0.15, 0.2) is 53.4 Å². The zero-order valence-electron chi connectivity index (χ0n) is 16.6. The number of benzene rings is 2. The number of hydrogen-bond acceptors (Lipinski definition) is 4. The average Bonchev–Trinajstić information content (AvgIpc) is 2.74. The number of rotatable bonds is 5. The van der Waals surface area contributed by atoms with Crippen LogP contribution in [0.25, 0.3) is 0 Å². The summed E-state index contributed by atoms with van der Waals surface area (Å²) in [6.07, 6.45) is 5.08. The maximum absolute atomic E-state index is 12.9. The molecule has 1 saturated carbocycles. The van der Waals surface area contributed by atoms with Gasteiger partial charge >= 0.3 is 0 Å². The molecule has 2 aromatic carbocycles. The van der Waals surface area contributed by atoms with Crippen molar-refractivity contribution in [1.29, 1.82) is 0 Å². The largest absolute Gasteiger partial charge is 0.332 e. The molecule has 160 valence electrons. The summed E-state index contributed by atoms with van der Waals surface area (Å²) in [5.74, 6) is -0.425. The Kier molecular flexibility index (Phi) is 7.46. The molecule has 0 atom stereocenters. The SMILES string of the molecule is CN(C1CCCCC1)S(=O)(=O)c1ccc(NC(=S)NC(=O)c2ccccc2Cl)cc1. The summed E-state index contributed by atoms with van der Waals surface area (Å²) < 4.78 is 27.3. The maximum atomic E-state index is 12.9. The summed E-state index contributed by atoms with van der Waals surface area (Å²) in [5, 5.41) is 5.86. The second kappa shape index (κ2) is 9.87. The molecule has 1 fully saturated rings. The van der Waals surface area contributed by atoms with Gasteiger partial charge in [-0.25, -0.2) is 8.42 Å². The fourth-order valence-electron chi connectivity index (χ4n) is 3.50. The first-order valence-corrected chi connectivity index (χ1v) is 12.0. The second-order valence-corrected chi connectivity index (χ2v) is 10.0. The monoisotopic (exact) mass is 465 g/mol. The van der Waals surface area contributed by atoms with Gasteiger partial charge in [-0.05, 0) is 61.5 Å². The predicted molar refractivity (Wildman–Crippen MR) is 123 cm³/mol. The van der Waals surface area contributed by atoms with Gasteiger partial charge in [0.15, 0.2) is 5.11 Å². The van der Waals surface area contributed by atoms with Gasteiger partial charge < -0.3 is 5.32 Å². The zero-order chi connectivity index (χ0) is 21.7. The van der Waals surface area contributed by atoms with Crippen molar-refractivity contribution in [2.45, 2.75) is 43.0 Å². The number of nitrogens with zero attached hydrogens (tertiary/aromatic N) is 1. The Morgan fingerprint density at radius 3 is 2.33 bits per heavy atom. The Balaban J connectivity index is 1.63. The Morgan fingerprint density at radius 2 is 1.70 bits per heavy atom. The molecule has 0 saturated heterocycles. The molecular weight excluding hydrogens is 442 g/mol. The Labute approximate surface area is 187 Å². The molecule has 1 amide bonds. The van der Waals surface area contributed by atoms with Crippen LogP contribution in [-0.2, 0) is 10.0 Å². The highest BCUT2D eigenvalue weighted by molar-refractivity contribution is 7.89. The van der Waals surface area contributed by atoms with Gasteiger partial charge in [0.25, 0.3) is 5.91 Å². The number of thiocarbonyl (C=S) groups is 1. The normalized spacial score (nSPS) is 15.0. The fourth-order valence-corrected chi connectivity index (χ4v) is 5.34. The van der Waals surface area contributed by atoms with Crippen molar-refractivity contribution in [3.05, 3.63) is 59.1 Å². The number of carbonyl (C=O) groups is 1. The van der Waals surface area contributed by atoms with Crippen molar-refractivity contribution >= 4 is 50.5 Å². The highest BCUT2D eigenvalue weighted by Crippen LogP contribution is 2.27. The van der Waals surface area contributed by atoms with Gasteiger partial charge in [-0.1, -0.05) is 43.0 Å². The Hall–Kier alpha value is -2.00. The fraction of sp³-hybridized carbons (Fsp3) is 0.333. The molecular formula is C21H24ClN3O3S2. The van der Waals surface area contributed by atoms with E-state index in [4.69, 9.17) is 23.8 Å². The molecule has 1 aliphatic carbocycles. The molecule has 0 radical (unpaired) electrons. The summed E-state index contributed by atoms with van der Waals surface area (Å²) in [5.41, 5.74) is 0.884. The van der Waals surface area contributed by atoms with Crippen molar-refractivity contribution in [1.82, 2.24) is 9.62 Å². The third-order valence-corrected chi connectivity index (χ3v) is 7.68. The molecule has 0 aliphatic heterocycles. The van der Waals surface area contributed by atoms with Crippen LogP contribution < -0.4 is 10.6 Å². The lowest BCUT2D eigenvalue weighted by atomic mass is 9.96. The summed E-state index contributed by atoms with van der Waals surface area (Å²) in [4.78, 5) is 12.5. The molecule has 30 heavy (non-hydrogen) atoms. The summed E-state index contributed by atoms with van der Waals surface area (Å²) in [6, 6.07) is 13.0. The number of anilines is 1. The van der Waals surface area contributed by atoms with Gasteiger partial charge in [-0.15, -0.1) is 0 Å². The van der Waals surface area contributed by atoms with Crippen LogP contribution in [0.3, 0.4) is 0 Å². The number of nitrogens with one attached hydrogen (secondary N) is 2. The summed E-state index contributed by atoms with van der Waals surface area (Å²) in [7, 11) is -1.91. The van der Waals surface area contributed by atoms with E-state index >= 15 is 0 Å². The van der Waals surface area contributed by atoms with Crippen molar-refractivity contribution in [2.75, 3.05) is 12.4 Å². The van der Waals surface area contributed by atoms with E-state index in [1.807, 2.05) is 0 Å². The topological polar surface area (TPSA) is 78.5 Å². The zero-order valence-corrected chi connectivity index (χ0v) is 19.0. The number of hydrogen-bond donors (Lipinski definition) is 2. The van der Waals surface area contributed by atoms with Gasteiger partial charge in [0.05, 0.1) is 15.5 Å². The third-order valence-electron chi connectivity index (χ3n) is 5.22. The minimum absolute atomic E-state index is 0.0501. The lowest BCUT2D eigenvalue weighted by Crippen LogP contribution is -2.38. The van der Waals surface area contributed by atoms with E-state index in [-0.39, 0.29) is 16.0 Å². The van der Waals surface area contributed by atoms with E-state index in [1.165, 1.54) is 16.4 Å². The van der Waals surface area contributed by atoms with Gasteiger partial charge in [0.1, 0.15) is 0 Å². The highest BCUT2D eigenvalue weighted by Gasteiger charge is 2.28. The van der Waals surface area contributed by atoms with Gasteiger partial charge in [0, 0.05) is 18.8 Å². The first-order chi connectivity index (χ1) is 14.3. The van der Waals surface area contributed by atoms with Crippen LogP contribution in [0.2, 0.25) is 5.02 Å². The second-order valence-electron chi connectivity index (χ2n) is 7.23. The van der Waals surface area contributed by atoms with Crippen molar-refractivity contribution in [3.8, 4) is 0 Å². The predicted octanol–water partition coefficient (Wildman–Crippen LogP) is 4.42. The van der Waals surface area contributed by atoms with Crippen molar-refractivity contribution in [2.24, 2.45) is 0 Å². The molecule has 1 aliphatic rings. The first-order valence-electron chi connectivity index (χ1n) is 9.74. The van der Waals surface area contributed by atoms with Crippen LogP contribution in [0, 0.1) is 0 Å². The van der Waals surface area contributed by atoms with E-state index in [1.54, 1.807) is 43.4 Å². The summed E-state index contributed by atoms with van der Waals surface area (Å²) in [6.45, 7) is 0. The minimum atomic E-state index is -3.56. The molecule has 0 unspecified atom stereocenters. The van der Waals surface area contributed by atoms with E-state index in [9.17, 15) is 13.2 Å². The molecule has 0 spiro atoms. The Bertz CT molecular complexity index is 1020. The standard InChI is InChI=1S/C21H24ClN3O3S2/c1-25(16-7-3-2-4-8-16)30(27,28)17-13-11-15(12-14-17)23-21(29)24-20(26)18-9-5-6-10-19(18)22/h5-6,9-14,16H,2-4,7-8H2,1H3,(H2,23,24,26,29). The van der Waals surface area contributed by atoms with E-state index in [2.05, 4.69) is 10.6 Å². The van der Waals surface area contributed by atoms with Gasteiger partial charge in [-0.2, -0.15) is 4.31 Å². The minimum Gasteiger partial charge on any atom is -0.332 e. The van der Waals surface area contributed by atoms with Crippen LogP contribution in [-0.4, -0.2) is 36.8 Å². The highest BCUT2D eigenvalue weighted by atomic mass is 35.5. The Morgan fingerprint density at radius 1 is 1.07 bits per heavy atom. The van der Waals surface area contributed by atoms with Crippen LogP contribution >= 0.6 is 23.8 Å². The number of carbonyl (C=O) groups excluding carboxylic acids is 1. The lowest BCUT2D eigenvalue weighted by Gasteiger charge is -2.30. The molecule has 3 rings (SSSR count). The maximum Gasteiger partial charge on any atom is 0.258 e. The van der Waals surface area contributed by atoms with Gasteiger partial charge in [0.2, 0.25) is 10.0 Å². The van der Waals surface area contributed by atoms with Crippen molar-refractivity contribution in [3.63, 3.8) is 0 Å². The molecule has 0 heterocycles. The molecule has 6 nitrogen and oxygen atoms in total. The lowest BCUT2D eigenvalue weighted by molar-refractivity contribution is 0.0978. The molecule has 9 heteroatoms. The molecule has 0 bridgehead atoms. The van der Waals surface area contributed by atoms with Crippen molar-refractivity contribution < 1.29 is 13.2 Å². The number of amides is 1. The number of sulfonamides is 1. The van der Waals surface area contributed by atoms with Crippen LogP contribution in [0.5, 0.6) is 0 Å². The van der Waals surface area contributed by atoms with E-state index < -0.39 is 15.9 Å². The van der Waals surface area contributed by atoms with Crippen LogP contribution in [0.1, 0.15) is 42.5 Å². The van der Waals surface area contributed by atoms with Gasteiger partial charge in [-0.3, -0.25) is 10.1 Å².